The zero-order chi connectivity index (χ0) is 15.1. The van der Waals surface area contributed by atoms with Crippen LogP contribution in [-0.2, 0) is 0 Å². The van der Waals surface area contributed by atoms with Crippen molar-refractivity contribution in [3.8, 4) is 11.5 Å². The summed E-state index contributed by atoms with van der Waals surface area (Å²) in [7, 11) is 1.65. The minimum absolute atomic E-state index is 0.736. The number of hydrogen-bond acceptors (Lipinski definition) is 3. The highest BCUT2D eigenvalue weighted by Gasteiger charge is 2.00. The Morgan fingerprint density at radius 3 is 2.15 bits per heavy atom. The van der Waals surface area contributed by atoms with Gasteiger partial charge in [-0.15, -0.1) is 0 Å². The molecule has 0 fully saturated rings. The van der Waals surface area contributed by atoms with Crippen molar-refractivity contribution in [1.82, 2.24) is 5.32 Å². The highest BCUT2D eigenvalue weighted by Crippen LogP contribution is 2.25. The molecule has 1 rings (SSSR count). The number of para-hydroxylation sites is 2. The van der Waals surface area contributed by atoms with Crippen LogP contribution in [0.5, 0.6) is 11.5 Å². The second-order valence-electron chi connectivity index (χ2n) is 4.60. The molecule has 0 atom stereocenters. The van der Waals surface area contributed by atoms with Crippen molar-refractivity contribution in [2.24, 2.45) is 0 Å². The maximum Gasteiger partial charge on any atom is 0.161 e. The van der Waals surface area contributed by atoms with E-state index in [1.54, 1.807) is 7.11 Å². The minimum atomic E-state index is 0.736. The lowest BCUT2D eigenvalue weighted by atomic mass is 10.3. The topological polar surface area (TPSA) is 30.5 Å². The van der Waals surface area contributed by atoms with E-state index in [2.05, 4.69) is 26.1 Å². The standard InChI is InChI=1S/C10H14O2.C7H17N/c1-3-8-12-10-7-5-4-6-9(10)11-2;1-3-5-7-8-6-4-2/h4-7H,3,8H2,1-2H3;8H,3-7H2,1-2H3. The summed E-state index contributed by atoms with van der Waals surface area (Å²) in [5, 5.41) is 3.34. The summed E-state index contributed by atoms with van der Waals surface area (Å²) in [6.45, 7) is 9.60. The van der Waals surface area contributed by atoms with Crippen LogP contribution >= 0.6 is 0 Å². The van der Waals surface area contributed by atoms with Crippen LogP contribution in [0, 0.1) is 0 Å². The van der Waals surface area contributed by atoms with Crippen LogP contribution in [0.2, 0.25) is 0 Å². The van der Waals surface area contributed by atoms with Gasteiger partial charge in [0.25, 0.3) is 0 Å². The molecule has 1 aromatic carbocycles. The summed E-state index contributed by atoms with van der Waals surface area (Å²) in [5.74, 6) is 1.62. The molecule has 0 aliphatic heterocycles. The van der Waals surface area contributed by atoms with Crippen LogP contribution in [0.3, 0.4) is 0 Å². The normalized spacial score (nSPS) is 9.60. The van der Waals surface area contributed by atoms with E-state index in [9.17, 15) is 0 Å². The van der Waals surface area contributed by atoms with E-state index in [-0.39, 0.29) is 0 Å². The van der Waals surface area contributed by atoms with Crippen molar-refractivity contribution in [3.05, 3.63) is 24.3 Å². The number of methoxy groups -OCH3 is 1. The van der Waals surface area contributed by atoms with Crippen LogP contribution in [0.25, 0.3) is 0 Å². The molecule has 0 amide bonds. The van der Waals surface area contributed by atoms with Crippen molar-refractivity contribution in [1.29, 1.82) is 0 Å². The first-order valence-corrected chi connectivity index (χ1v) is 7.76. The molecule has 0 heterocycles. The first-order chi connectivity index (χ1) is 9.79. The lowest BCUT2D eigenvalue weighted by Gasteiger charge is -2.08. The summed E-state index contributed by atoms with van der Waals surface area (Å²) in [4.78, 5) is 0. The van der Waals surface area contributed by atoms with Crippen LogP contribution in [0.1, 0.15) is 46.5 Å². The van der Waals surface area contributed by atoms with E-state index < -0.39 is 0 Å². The molecule has 116 valence electrons. The fraction of sp³-hybridized carbons (Fsp3) is 0.647. The molecule has 0 aliphatic carbocycles. The fourth-order valence-electron chi connectivity index (χ4n) is 1.55. The first-order valence-electron chi connectivity index (χ1n) is 7.76. The molecule has 0 unspecified atom stereocenters. The first kappa shape index (κ1) is 18.8. The van der Waals surface area contributed by atoms with Gasteiger partial charge >= 0.3 is 0 Å². The average Bonchev–Trinajstić information content (AvgIpc) is 2.50. The van der Waals surface area contributed by atoms with E-state index in [0.29, 0.717) is 0 Å². The molecule has 20 heavy (non-hydrogen) atoms. The monoisotopic (exact) mass is 281 g/mol. The smallest absolute Gasteiger partial charge is 0.161 e. The van der Waals surface area contributed by atoms with Gasteiger partial charge in [0.05, 0.1) is 13.7 Å². The molecular weight excluding hydrogens is 250 g/mol. The highest BCUT2D eigenvalue weighted by molar-refractivity contribution is 5.39. The predicted octanol–water partition coefficient (Wildman–Crippen LogP) is 4.27. The quantitative estimate of drug-likeness (QED) is 0.686. The van der Waals surface area contributed by atoms with E-state index in [0.717, 1.165) is 24.5 Å². The van der Waals surface area contributed by atoms with E-state index in [4.69, 9.17) is 9.47 Å². The molecule has 0 aromatic heterocycles. The zero-order valence-corrected chi connectivity index (χ0v) is 13.6. The second kappa shape index (κ2) is 14.2. The Labute approximate surface area is 124 Å². The van der Waals surface area contributed by atoms with Gasteiger partial charge in [0.2, 0.25) is 0 Å². The average molecular weight is 281 g/mol. The third-order valence-corrected chi connectivity index (χ3v) is 2.66. The Balaban J connectivity index is 0.000000396. The van der Waals surface area contributed by atoms with Gasteiger partial charge in [-0.1, -0.05) is 39.3 Å². The molecule has 0 aliphatic rings. The second-order valence-corrected chi connectivity index (χ2v) is 4.60. The molecule has 0 saturated carbocycles. The number of benzene rings is 1. The van der Waals surface area contributed by atoms with Crippen molar-refractivity contribution in [2.45, 2.75) is 46.5 Å². The number of hydrogen-bond donors (Lipinski definition) is 1. The fourth-order valence-corrected chi connectivity index (χ4v) is 1.55. The van der Waals surface area contributed by atoms with Gasteiger partial charge < -0.3 is 14.8 Å². The number of unbranched alkanes of at least 4 members (excludes halogenated alkanes) is 1. The number of rotatable bonds is 9. The Bertz CT molecular complexity index is 310. The summed E-state index contributed by atoms with van der Waals surface area (Å²) in [6.07, 6.45) is 4.89. The van der Waals surface area contributed by atoms with Gasteiger partial charge in [-0.3, -0.25) is 0 Å². The molecule has 3 nitrogen and oxygen atoms in total. The van der Waals surface area contributed by atoms with E-state index >= 15 is 0 Å². The zero-order valence-electron chi connectivity index (χ0n) is 13.6. The van der Waals surface area contributed by atoms with Crippen LogP contribution in [0.4, 0.5) is 0 Å². The van der Waals surface area contributed by atoms with Crippen LogP contribution in [0.15, 0.2) is 24.3 Å². The SMILES string of the molecule is CCCCNCCC.CCCOc1ccccc1OC. The minimum Gasteiger partial charge on any atom is -0.493 e. The summed E-state index contributed by atoms with van der Waals surface area (Å²) < 4.78 is 10.6. The molecule has 3 heteroatoms. The third kappa shape index (κ3) is 9.68. The van der Waals surface area contributed by atoms with Gasteiger partial charge in [0.1, 0.15) is 0 Å². The largest absolute Gasteiger partial charge is 0.493 e. The molecule has 0 saturated heterocycles. The van der Waals surface area contributed by atoms with E-state index in [1.807, 2.05) is 24.3 Å². The third-order valence-electron chi connectivity index (χ3n) is 2.66. The number of ether oxygens (including phenoxy) is 2. The maximum atomic E-state index is 5.45. The Morgan fingerprint density at radius 2 is 1.60 bits per heavy atom. The molecule has 1 aromatic rings. The van der Waals surface area contributed by atoms with Crippen molar-refractivity contribution in [2.75, 3.05) is 26.8 Å². The Kier molecular flexibility index (Phi) is 13.3. The summed E-state index contributed by atoms with van der Waals surface area (Å²) in [5.41, 5.74) is 0. The molecule has 0 bridgehead atoms. The van der Waals surface area contributed by atoms with Gasteiger partial charge in [0, 0.05) is 0 Å². The Morgan fingerprint density at radius 1 is 0.900 bits per heavy atom. The van der Waals surface area contributed by atoms with Gasteiger partial charge in [0.15, 0.2) is 11.5 Å². The predicted molar refractivity (Wildman–Crippen MR) is 86.8 cm³/mol. The van der Waals surface area contributed by atoms with Crippen LogP contribution in [-0.4, -0.2) is 26.8 Å². The van der Waals surface area contributed by atoms with Gasteiger partial charge in [-0.05, 0) is 44.5 Å². The van der Waals surface area contributed by atoms with Crippen molar-refractivity contribution in [3.63, 3.8) is 0 Å². The van der Waals surface area contributed by atoms with E-state index in [1.165, 1.54) is 32.4 Å². The summed E-state index contributed by atoms with van der Waals surface area (Å²) >= 11 is 0. The molecule has 0 radical (unpaired) electrons. The van der Waals surface area contributed by atoms with Gasteiger partial charge in [-0.25, -0.2) is 0 Å². The lowest BCUT2D eigenvalue weighted by molar-refractivity contribution is 0.294. The highest BCUT2D eigenvalue weighted by atomic mass is 16.5. The summed E-state index contributed by atoms with van der Waals surface area (Å²) in [6, 6.07) is 7.67. The molecule has 0 spiro atoms. The lowest BCUT2D eigenvalue weighted by Crippen LogP contribution is -2.15. The number of nitrogens with one attached hydrogen (secondary N) is 1. The Hall–Kier alpha value is -1.22. The van der Waals surface area contributed by atoms with Crippen molar-refractivity contribution >= 4 is 0 Å². The van der Waals surface area contributed by atoms with Crippen LogP contribution < -0.4 is 14.8 Å². The van der Waals surface area contributed by atoms with Gasteiger partial charge in [-0.2, -0.15) is 0 Å². The molecule has 1 N–H and O–H groups in total. The molecular formula is C17H31NO2. The van der Waals surface area contributed by atoms with Crippen molar-refractivity contribution < 1.29 is 9.47 Å². The maximum absolute atomic E-state index is 5.45.